The Kier molecular flexibility index (Phi) is 3.89. The molecule has 1 aromatic carbocycles. The van der Waals surface area contributed by atoms with Crippen molar-refractivity contribution < 1.29 is 13.2 Å². The van der Waals surface area contributed by atoms with E-state index < -0.39 is 9.84 Å². The summed E-state index contributed by atoms with van der Waals surface area (Å²) in [6.07, 6.45) is 4.38. The molecule has 0 aliphatic heterocycles. The van der Waals surface area contributed by atoms with Crippen LogP contribution in [-0.4, -0.2) is 30.5 Å². The maximum Gasteiger partial charge on any atom is 0.251 e. The average Bonchev–Trinajstić information content (AvgIpc) is 2.91. The van der Waals surface area contributed by atoms with Crippen LogP contribution in [0.5, 0.6) is 0 Å². The first-order valence-corrected chi connectivity index (χ1v) is 7.87. The number of hydrogen-bond donors (Lipinski definition) is 2. The molecule has 1 amide bonds. The molecule has 0 bridgehead atoms. The molecule has 1 unspecified atom stereocenters. The van der Waals surface area contributed by atoms with Gasteiger partial charge in [0, 0.05) is 24.2 Å². The predicted molar refractivity (Wildman–Crippen MR) is 74.0 cm³/mol. The van der Waals surface area contributed by atoms with E-state index >= 15 is 0 Å². The zero-order valence-electron chi connectivity index (χ0n) is 11.1. The van der Waals surface area contributed by atoms with Crippen LogP contribution < -0.4 is 5.32 Å². The van der Waals surface area contributed by atoms with Crippen LogP contribution in [0.15, 0.2) is 41.6 Å². The number of sulfone groups is 1. The second-order valence-electron chi connectivity index (χ2n) is 4.47. The van der Waals surface area contributed by atoms with Crippen molar-refractivity contribution in [2.45, 2.75) is 17.9 Å². The summed E-state index contributed by atoms with van der Waals surface area (Å²) in [5, 5.41) is 2.75. The summed E-state index contributed by atoms with van der Waals surface area (Å²) in [6.45, 7) is 1.79. The van der Waals surface area contributed by atoms with E-state index in [1.54, 1.807) is 31.5 Å². The number of hydrogen-bond acceptors (Lipinski definition) is 4. The minimum Gasteiger partial charge on any atom is -0.347 e. The van der Waals surface area contributed by atoms with Crippen molar-refractivity contribution >= 4 is 15.7 Å². The summed E-state index contributed by atoms with van der Waals surface area (Å²) < 4.78 is 22.9. The average molecular weight is 293 g/mol. The van der Waals surface area contributed by atoms with E-state index in [-0.39, 0.29) is 16.8 Å². The first-order valence-electron chi connectivity index (χ1n) is 5.98. The van der Waals surface area contributed by atoms with Crippen LogP contribution >= 0.6 is 0 Å². The molecule has 6 nitrogen and oxygen atoms in total. The quantitative estimate of drug-likeness (QED) is 0.889. The van der Waals surface area contributed by atoms with Crippen LogP contribution in [0.4, 0.5) is 0 Å². The van der Waals surface area contributed by atoms with Crippen molar-refractivity contribution in [2.24, 2.45) is 0 Å². The van der Waals surface area contributed by atoms with Crippen LogP contribution in [0.1, 0.15) is 29.1 Å². The van der Waals surface area contributed by atoms with E-state index in [4.69, 9.17) is 0 Å². The molecule has 0 fully saturated rings. The van der Waals surface area contributed by atoms with Gasteiger partial charge in [-0.3, -0.25) is 4.79 Å². The minimum absolute atomic E-state index is 0.121. The number of rotatable bonds is 4. The standard InChI is InChI=1S/C13H15N3O3S/c1-9(12-14-6-7-15-12)16-13(17)10-4-3-5-11(8-10)20(2,18)19/h3-9H,1-2H3,(H,14,15)(H,16,17). The molecule has 0 aliphatic rings. The third-order valence-corrected chi connectivity index (χ3v) is 3.91. The Hall–Kier alpha value is -2.15. The Bertz CT molecular complexity index is 708. The highest BCUT2D eigenvalue weighted by Crippen LogP contribution is 2.13. The molecule has 1 aromatic heterocycles. The Morgan fingerprint density at radius 3 is 2.75 bits per heavy atom. The first kappa shape index (κ1) is 14.3. The van der Waals surface area contributed by atoms with Gasteiger partial charge in [-0.25, -0.2) is 13.4 Å². The fourth-order valence-electron chi connectivity index (χ4n) is 1.73. The molecule has 0 saturated heterocycles. The second kappa shape index (κ2) is 5.46. The number of aromatic nitrogens is 2. The van der Waals surface area contributed by atoms with Gasteiger partial charge in [0.05, 0.1) is 10.9 Å². The highest BCUT2D eigenvalue weighted by molar-refractivity contribution is 7.90. The fourth-order valence-corrected chi connectivity index (χ4v) is 2.40. The van der Waals surface area contributed by atoms with E-state index in [1.165, 1.54) is 12.1 Å². The summed E-state index contributed by atoms with van der Waals surface area (Å²) in [7, 11) is -3.33. The van der Waals surface area contributed by atoms with Gasteiger partial charge in [0.1, 0.15) is 5.82 Å². The van der Waals surface area contributed by atoms with Gasteiger partial charge in [-0.15, -0.1) is 0 Å². The Morgan fingerprint density at radius 2 is 2.15 bits per heavy atom. The number of amides is 1. The van der Waals surface area contributed by atoms with E-state index in [0.29, 0.717) is 11.4 Å². The molecule has 20 heavy (non-hydrogen) atoms. The lowest BCUT2D eigenvalue weighted by Gasteiger charge is -2.11. The van der Waals surface area contributed by atoms with Gasteiger partial charge in [0.25, 0.3) is 5.91 Å². The summed E-state index contributed by atoms with van der Waals surface area (Å²) in [5.74, 6) is 0.289. The highest BCUT2D eigenvalue weighted by atomic mass is 32.2. The molecule has 2 N–H and O–H groups in total. The van der Waals surface area contributed by atoms with E-state index in [0.717, 1.165) is 6.26 Å². The van der Waals surface area contributed by atoms with Crippen LogP contribution in [0.2, 0.25) is 0 Å². The van der Waals surface area contributed by atoms with E-state index in [2.05, 4.69) is 15.3 Å². The van der Waals surface area contributed by atoms with Gasteiger partial charge in [-0.2, -0.15) is 0 Å². The van der Waals surface area contributed by atoms with Gasteiger partial charge in [-0.1, -0.05) is 6.07 Å². The van der Waals surface area contributed by atoms with E-state index in [9.17, 15) is 13.2 Å². The van der Waals surface area contributed by atoms with Gasteiger partial charge in [0.15, 0.2) is 9.84 Å². The molecule has 0 radical (unpaired) electrons. The lowest BCUT2D eigenvalue weighted by Crippen LogP contribution is -2.27. The number of aromatic amines is 1. The lowest BCUT2D eigenvalue weighted by molar-refractivity contribution is 0.0938. The smallest absolute Gasteiger partial charge is 0.251 e. The molecule has 106 valence electrons. The van der Waals surface area contributed by atoms with Crippen LogP contribution in [0.25, 0.3) is 0 Å². The molecular formula is C13H15N3O3S. The zero-order chi connectivity index (χ0) is 14.8. The third kappa shape index (κ3) is 3.24. The number of benzene rings is 1. The van der Waals surface area contributed by atoms with Crippen LogP contribution in [0, 0.1) is 0 Å². The number of H-pyrrole nitrogens is 1. The van der Waals surface area contributed by atoms with Crippen molar-refractivity contribution in [3.63, 3.8) is 0 Å². The second-order valence-corrected chi connectivity index (χ2v) is 6.49. The molecule has 0 aliphatic carbocycles. The summed E-state index contributed by atoms with van der Waals surface area (Å²) in [6, 6.07) is 5.64. The molecular weight excluding hydrogens is 278 g/mol. The molecule has 0 saturated carbocycles. The Balaban J connectivity index is 2.18. The predicted octanol–water partition coefficient (Wildman–Crippen LogP) is 1.30. The van der Waals surface area contributed by atoms with Crippen molar-refractivity contribution in [3.05, 3.63) is 48.0 Å². The Labute approximate surface area is 117 Å². The van der Waals surface area contributed by atoms with Crippen molar-refractivity contribution in [2.75, 3.05) is 6.26 Å². The number of carbonyl (C=O) groups excluding carboxylic acids is 1. The molecule has 1 heterocycles. The van der Waals surface area contributed by atoms with Gasteiger partial charge in [-0.05, 0) is 25.1 Å². The number of carbonyl (C=O) groups is 1. The summed E-state index contributed by atoms with van der Waals surface area (Å²) >= 11 is 0. The lowest BCUT2D eigenvalue weighted by atomic mass is 10.2. The topological polar surface area (TPSA) is 91.9 Å². The monoisotopic (exact) mass is 293 g/mol. The Morgan fingerprint density at radius 1 is 1.40 bits per heavy atom. The largest absolute Gasteiger partial charge is 0.347 e. The maximum atomic E-state index is 12.1. The van der Waals surface area contributed by atoms with Gasteiger partial charge in [0.2, 0.25) is 0 Å². The normalized spacial score (nSPS) is 12.9. The summed E-state index contributed by atoms with van der Waals surface area (Å²) in [5.41, 5.74) is 0.298. The number of imidazole rings is 1. The zero-order valence-corrected chi connectivity index (χ0v) is 11.9. The van der Waals surface area contributed by atoms with Crippen LogP contribution in [-0.2, 0) is 9.84 Å². The van der Waals surface area contributed by atoms with Gasteiger partial charge >= 0.3 is 0 Å². The molecule has 2 aromatic rings. The maximum absolute atomic E-state index is 12.1. The molecule has 7 heteroatoms. The number of nitrogens with zero attached hydrogens (tertiary/aromatic N) is 1. The minimum atomic E-state index is -3.33. The van der Waals surface area contributed by atoms with Crippen molar-refractivity contribution in [1.29, 1.82) is 0 Å². The molecule has 2 rings (SSSR count). The number of nitrogens with one attached hydrogen (secondary N) is 2. The van der Waals surface area contributed by atoms with Crippen molar-refractivity contribution in [3.8, 4) is 0 Å². The third-order valence-electron chi connectivity index (χ3n) is 2.80. The fraction of sp³-hybridized carbons (Fsp3) is 0.231. The van der Waals surface area contributed by atoms with E-state index in [1.807, 2.05) is 0 Å². The SMILES string of the molecule is CC(NC(=O)c1cccc(S(C)(=O)=O)c1)c1ncc[nH]1. The van der Waals surface area contributed by atoms with Crippen LogP contribution in [0.3, 0.4) is 0 Å². The molecule has 1 atom stereocenters. The van der Waals surface area contributed by atoms with Crippen molar-refractivity contribution in [1.82, 2.24) is 15.3 Å². The van der Waals surface area contributed by atoms with Gasteiger partial charge < -0.3 is 10.3 Å². The molecule has 0 spiro atoms. The summed E-state index contributed by atoms with van der Waals surface area (Å²) in [4.78, 5) is 19.2. The first-order chi connectivity index (χ1) is 9.38. The highest BCUT2D eigenvalue weighted by Gasteiger charge is 2.15.